The molecule has 0 spiro atoms. The van der Waals surface area contributed by atoms with Crippen LogP contribution < -0.4 is 10.6 Å². The van der Waals surface area contributed by atoms with Gasteiger partial charge in [0.1, 0.15) is 0 Å². The smallest absolute Gasteiger partial charge is 0.351 e. The maximum absolute atomic E-state index is 13.5. The zero-order chi connectivity index (χ0) is 19.4. The van der Waals surface area contributed by atoms with Crippen molar-refractivity contribution in [3.8, 4) is 0 Å². The van der Waals surface area contributed by atoms with E-state index in [-0.39, 0.29) is 18.0 Å². The molecular weight excluding hydrogens is 343 g/mol. The first-order chi connectivity index (χ1) is 11.3. The third kappa shape index (κ3) is 6.61. The SMILES string of the molecule is CNC(CC(C)C)C(=O)NCc1cc(C(C)(F)F)cc(C(F)(F)F)c1. The fourth-order valence-corrected chi connectivity index (χ4v) is 2.35. The fraction of sp³-hybridized carbons (Fsp3) is 0.588. The van der Waals surface area contributed by atoms with Crippen LogP contribution in [0.15, 0.2) is 18.2 Å². The minimum absolute atomic E-state index is 0.0286. The first kappa shape index (κ1) is 21.3. The molecule has 0 saturated carbocycles. The van der Waals surface area contributed by atoms with Gasteiger partial charge in [-0.3, -0.25) is 4.79 Å². The van der Waals surface area contributed by atoms with Crippen LogP contribution in [0.1, 0.15) is 43.9 Å². The lowest BCUT2D eigenvalue weighted by molar-refractivity contribution is -0.137. The minimum atomic E-state index is -4.74. The van der Waals surface area contributed by atoms with E-state index in [9.17, 15) is 26.7 Å². The van der Waals surface area contributed by atoms with Gasteiger partial charge in [0, 0.05) is 19.0 Å². The summed E-state index contributed by atoms with van der Waals surface area (Å²) in [4.78, 5) is 12.1. The molecule has 1 atom stereocenters. The van der Waals surface area contributed by atoms with Crippen molar-refractivity contribution in [1.29, 1.82) is 0 Å². The van der Waals surface area contributed by atoms with E-state index in [0.717, 1.165) is 12.1 Å². The van der Waals surface area contributed by atoms with Crippen LogP contribution in [0.4, 0.5) is 22.0 Å². The summed E-state index contributed by atoms with van der Waals surface area (Å²) in [5.74, 6) is -3.56. The summed E-state index contributed by atoms with van der Waals surface area (Å²) >= 11 is 0. The van der Waals surface area contributed by atoms with E-state index >= 15 is 0 Å². The van der Waals surface area contributed by atoms with Crippen molar-refractivity contribution in [3.05, 3.63) is 34.9 Å². The van der Waals surface area contributed by atoms with Crippen molar-refractivity contribution in [1.82, 2.24) is 10.6 Å². The van der Waals surface area contributed by atoms with Gasteiger partial charge in [-0.1, -0.05) is 13.8 Å². The van der Waals surface area contributed by atoms with Crippen LogP contribution in [-0.4, -0.2) is 19.0 Å². The second kappa shape index (κ2) is 8.12. The van der Waals surface area contributed by atoms with Gasteiger partial charge in [-0.05, 0) is 43.1 Å². The topological polar surface area (TPSA) is 41.1 Å². The number of carbonyl (C=O) groups is 1. The van der Waals surface area contributed by atoms with Crippen molar-refractivity contribution in [2.75, 3.05) is 7.05 Å². The molecule has 1 aromatic carbocycles. The molecule has 0 aromatic heterocycles. The lowest BCUT2D eigenvalue weighted by atomic mass is 10.0. The number of carbonyl (C=O) groups excluding carboxylic acids is 1. The number of rotatable bonds is 7. The Morgan fingerprint density at radius 2 is 1.64 bits per heavy atom. The molecule has 25 heavy (non-hydrogen) atoms. The van der Waals surface area contributed by atoms with E-state index in [1.54, 1.807) is 7.05 Å². The van der Waals surface area contributed by atoms with Gasteiger partial charge >= 0.3 is 6.18 Å². The summed E-state index contributed by atoms with van der Waals surface area (Å²) in [5.41, 5.74) is -1.93. The van der Waals surface area contributed by atoms with Crippen LogP contribution in [0.3, 0.4) is 0 Å². The Bertz CT molecular complexity index is 561. The number of alkyl halides is 5. The predicted octanol–water partition coefficient (Wildman–Crippen LogP) is 4.07. The van der Waals surface area contributed by atoms with Crippen molar-refractivity contribution in [3.63, 3.8) is 0 Å². The second-order valence-corrected chi connectivity index (χ2v) is 6.49. The summed E-state index contributed by atoms with van der Waals surface area (Å²) in [6, 6.07) is 1.68. The highest BCUT2D eigenvalue weighted by atomic mass is 19.4. The second-order valence-electron chi connectivity index (χ2n) is 6.49. The number of hydrogen-bond acceptors (Lipinski definition) is 2. The number of hydrogen-bond donors (Lipinski definition) is 2. The van der Waals surface area contributed by atoms with Crippen LogP contribution in [0.25, 0.3) is 0 Å². The van der Waals surface area contributed by atoms with Gasteiger partial charge in [0.2, 0.25) is 5.91 Å². The molecule has 0 aliphatic rings. The monoisotopic (exact) mass is 366 g/mol. The minimum Gasteiger partial charge on any atom is -0.351 e. The standard InChI is InChI=1S/C17H23F5N2O/c1-10(2)5-14(23-4)15(25)24-9-11-6-12(16(3,18)19)8-13(7-11)17(20,21)22/h6-8,10,14,23H,5,9H2,1-4H3,(H,24,25). The predicted molar refractivity (Wildman–Crippen MR) is 85.2 cm³/mol. The van der Waals surface area contributed by atoms with Gasteiger partial charge in [0.15, 0.2) is 0 Å². The van der Waals surface area contributed by atoms with Crippen LogP contribution in [-0.2, 0) is 23.4 Å². The molecule has 1 unspecified atom stereocenters. The van der Waals surface area contributed by atoms with Gasteiger partial charge in [-0.25, -0.2) is 8.78 Å². The molecule has 0 fully saturated rings. The maximum Gasteiger partial charge on any atom is 0.416 e. The van der Waals surface area contributed by atoms with Gasteiger partial charge in [0.05, 0.1) is 11.6 Å². The van der Waals surface area contributed by atoms with E-state index < -0.39 is 35.2 Å². The van der Waals surface area contributed by atoms with Crippen LogP contribution in [0.2, 0.25) is 0 Å². The average Bonchev–Trinajstić information content (AvgIpc) is 2.48. The first-order valence-electron chi connectivity index (χ1n) is 7.89. The van der Waals surface area contributed by atoms with Crippen LogP contribution in [0.5, 0.6) is 0 Å². The summed E-state index contributed by atoms with van der Waals surface area (Å²) in [6.45, 7) is 4.13. The van der Waals surface area contributed by atoms with Crippen LogP contribution in [0, 0.1) is 5.92 Å². The van der Waals surface area contributed by atoms with Gasteiger partial charge in [-0.2, -0.15) is 13.2 Å². The zero-order valence-corrected chi connectivity index (χ0v) is 14.6. The van der Waals surface area contributed by atoms with E-state index in [0.29, 0.717) is 19.4 Å². The quantitative estimate of drug-likeness (QED) is 0.715. The normalized spacial score (nSPS) is 13.8. The molecule has 0 saturated heterocycles. The summed E-state index contributed by atoms with van der Waals surface area (Å²) < 4.78 is 65.7. The molecular formula is C17H23F5N2O. The van der Waals surface area contributed by atoms with Crippen molar-refractivity contribution in [2.45, 2.75) is 51.9 Å². The highest BCUT2D eigenvalue weighted by Gasteiger charge is 2.34. The average molecular weight is 366 g/mol. The zero-order valence-electron chi connectivity index (χ0n) is 14.6. The molecule has 0 bridgehead atoms. The van der Waals surface area contributed by atoms with Crippen LogP contribution >= 0.6 is 0 Å². The van der Waals surface area contributed by atoms with E-state index in [1.165, 1.54) is 0 Å². The third-order valence-corrected chi connectivity index (χ3v) is 3.67. The lowest BCUT2D eigenvalue weighted by Gasteiger charge is -2.19. The molecule has 1 aromatic rings. The largest absolute Gasteiger partial charge is 0.416 e. The number of halogens is 5. The molecule has 0 radical (unpaired) electrons. The summed E-state index contributed by atoms with van der Waals surface area (Å²) in [6.07, 6.45) is -4.20. The van der Waals surface area contributed by atoms with Gasteiger partial charge in [-0.15, -0.1) is 0 Å². The molecule has 0 aliphatic heterocycles. The van der Waals surface area contributed by atoms with Crippen molar-refractivity contribution in [2.24, 2.45) is 5.92 Å². The Hall–Kier alpha value is -1.70. The number of benzene rings is 1. The lowest BCUT2D eigenvalue weighted by Crippen LogP contribution is -2.43. The van der Waals surface area contributed by atoms with E-state index in [2.05, 4.69) is 10.6 Å². The Morgan fingerprint density at radius 1 is 1.08 bits per heavy atom. The molecule has 1 amide bonds. The molecule has 142 valence electrons. The first-order valence-corrected chi connectivity index (χ1v) is 7.89. The number of likely N-dealkylation sites (N-methyl/N-ethyl adjacent to an activating group) is 1. The molecule has 8 heteroatoms. The fourth-order valence-electron chi connectivity index (χ4n) is 2.35. The van der Waals surface area contributed by atoms with Gasteiger partial charge in [0.25, 0.3) is 5.92 Å². The summed E-state index contributed by atoms with van der Waals surface area (Å²) in [5, 5.41) is 5.33. The molecule has 0 aliphatic carbocycles. The molecule has 0 heterocycles. The Labute approximate surface area is 144 Å². The van der Waals surface area contributed by atoms with Crippen molar-refractivity contribution < 1.29 is 26.7 Å². The number of nitrogens with one attached hydrogen (secondary N) is 2. The van der Waals surface area contributed by atoms with E-state index in [4.69, 9.17) is 0 Å². The van der Waals surface area contributed by atoms with Gasteiger partial charge < -0.3 is 10.6 Å². The molecule has 1 rings (SSSR count). The number of amides is 1. The summed E-state index contributed by atoms with van der Waals surface area (Å²) in [7, 11) is 1.60. The molecule has 2 N–H and O–H groups in total. The highest BCUT2D eigenvalue weighted by molar-refractivity contribution is 5.81. The Kier molecular flexibility index (Phi) is 6.93. The van der Waals surface area contributed by atoms with E-state index in [1.807, 2.05) is 13.8 Å². The Balaban J connectivity index is 2.99. The highest BCUT2D eigenvalue weighted by Crippen LogP contribution is 2.35. The third-order valence-electron chi connectivity index (χ3n) is 3.67. The Morgan fingerprint density at radius 3 is 2.08 bits per heavy atom. The molecule has 3 nitrogen and oxygen atoms in total. The maximum atomic E-state index is 13.5. The van der Waals surface area contributed by atoms with Crippen molar-refractivity contribution >= 4 is 5.91 Å².